The van der Waals surface area contributed by atoms with Gasteiger partial charge in [0.15, 0.2) is 0 Å². The van der Waals surface area contributed by atoms with Crippen LogP contribution in [0, 0.1) is 12.8 Å². The number of amides is 1. The molecule has 1 amide bonds. The molecule has 0 aromatic carbocycles. The molecular weight excluding hydrogens is 206 g/mol. The minimum atomic E-state index is -0.00320. The first-order valence-corrected chi connectivity index (χ1v) is 5.53. The van der Waals surface area contributed by atoms with Gasteiger partial charge in [-0.05, 0) is 26.3 Å². The number of hydrogen-bond donors (Lipinski definition) is 2. The second-order valence-corrected chi connectivity index (χ2v) is 3.98. The molecule has 0 aliphatic rings. The van der Waals surface area contributed by atoms with E-state index < -0.39 is 0 Å². The minimum Gasteiger partial charge on any atom is -0.361 e. The van der Waals surface area contributed by atoms with Crippen molar-refractivity contribution < 1.29 is 9.32 Å². The van der Waals surface area contributed by atoms with Crippen LogP contribution in [-0.4, -0.2) is 17.6 Å². The first-order chi connectivity index (χ1) is 7.63. The van der Waals surface area contributed by atoms with E-state index in [4.69, 9.17) is 10.3 Å². The van der Waals surface area contributed by atoms with E-state index in [0.717, 1.165) is 24.3 Å². The van der Waals surface area contributed by atoms with Gasteiger partial charge in [0.25, 0.3) is 0 Å². The van der Waals surface area contributed by atoms with E-state index in [-0.39, 0.29) is 11.8 Å². The van der Waals surface area contributed by atoms with Crippen LogP contribution in [0.25, 0.3) is 0 Å². The van der Waals surface area contributed by atoms with Crippen LogP contribution in [-0.2, 0) is 11.3 Å². The van der Waals surface area contributed by atoms with E-state index in [2.05, 4.69) is 10.5 Å². The molecule has 1 unspecified atom stereocenters. The number of nitrogens with two attached hydrogens (primary N) is 1. The van der Waals surface area contributed by atoms with Crippen LogP contribution in [0.4, 0.5) is 0 Å². The van der Waals surface area contributed by atoms with Crippen LogP contribution in [0.5, 0.6) is 0 Å². The lowest BCUT2D eigenvalue weighted by atomic mass is 10.1. The van der Waals surface area contributed by atoms with Crippen molar-refractivity contribution in [2.24, 2.45) is 11.7 Å². The van der Waals surface area contributed by atoms with E-state index in [1.54, 1.807) is 0 Å². The van der Waals surface area contributed by atoms with Gasteiger partial charge >= 0.3 is 0 Å². The molecule has 16 heavy (non-hydrogen) atoms. The molecular formula is C11H19N3O2. The Balaban J connectivity index is 2.29. The van der Waals surface area contributed by atoms with Crippen molar-refractivity contribution in [1.29, 1.82) is 0 Å². The molecule has 0 fully saturated rings. The Kier molecular flexibility index (Phi) is 4.98. The smallest absolute Gasteiger partial charge is 0.223 e. The van der Waals surface area contributed by atoms with Crippen LogP contribution < -0.4 is 11.1 Å². The zero-order valence-electron chi connectivity index (χ0n) is 9.82. The monoisotopic (exact) mass is 225 g/mol. The fraction of sp³-hybridized carbons (Fsp3) is 0.636. The Bertz CT molecular complexity index is 336. The predicted molar refractivity (Wildman–Crippen MR) is 60.5 cm³/mol. The van der Waals surface area contributed by atoms with Gasteiger partial charge in [0.05, 0.1) is 6.54 Å². The third-order valence-electron chi connectivity index (χ3n) is 2.41. The van der Waals surface area contributed by atoms with Gasteiger partial charge in [-0.2, -0.15) is 0 Å². The van der Waals surface area contributed by atoms with Gasteiger partial charge in [-0.25, -0.2) is 0 Å². The fourth-order valence-corrected chi connectivity index (χ4v) is 1.41. The van der Waals surface area contributed by atoms with Crippen molar-refractivity contribution >= 4 is 5.91 Å². The van der Waals surface area contributed by atoms with Gasteiger partial charge in [0.2, 0.25) is 5.91 Å². The number of hydrogen-bond acceptors (Lipinski definition) is 4. The average molecular weight is 225 g/mol. The van der Waals surface area contributed by atoms with Crippen molar-refractivity contribution in [2.75, 3.05) is 6.54 Å². The van der Waals surface area contributed by atoms with Crippen molar-refractivity contribution in [3.8, 4) is 0 Å². The Morgan fingerprint density at radius 1 is 1.69 bits per heavy atom. The summed E-state index contributed by atoms with van der Waals surface area (Å²) in [7, 11) is 0. The molecule has 5 nitrogen and oxygen atoms in total. The molecule has 1 aromatic rings. The molecule has 0 saturated carbocycles. The SMILES string of the molecule is Cc1cc(CNC(=O)C(C)CCCN)no1. The molecule has 0 spiro atoms. The van der Waals surface area contributed by atoms with E-state index in [1.165, 1.54) is 0 Å². The Morgan fingerprint density at radius 2 is 2.44 bits per heavy atom. The van der Waals surface area contributed by atoms with Gasteiger partial charge in [-0.1, -0.05) is 12.1 Å². The summed E-state index contributed by atoms with van der Waals surface area (Å²) in [5.41, 5.74) is 6.14. The molecule has 0 aliphatic carbocycles. The second-order valence-electron chi connectivity index (χ2n) is 3.98. The van der Waals surface area contributed by atoms with Crippen LogP contribution in [0.3, 0.4) is 0 Å². The van der Waals surface area contributed by atoms with Crippen molar-refractivity contribution in [3.05, 3.63) is 17.5 Å². The Labute approximate surface area is 95.4 Å². The molecule has 1 aromatic heterocycles. The normalized spacial score (nSPS) is 12.4. The highest BCUT2D eigenvalue weighted by atomic mass is 16.5. The molecule has 0 aliphatic heterocycles. The topological polar surface area (TPSA) is 81.2 Å². The summed E-state index contributed by atoms with van der Waals surface area (Å²) in [6, 6.07) is 1.81. The van der Waals surface area contributed by atoms with E-state index >= 15 is 0 Å². The number of aromatic nitrogens is 1. The summed E-state index contributed by atoms with van der Waals surface area (Å²) >= 11 is 0. The van der Waals surface area contributed by atoms with Crippen LogP contribution >= 0.6 is 0 Å². The van der Waals surface area contributed by atoms with Gasteiger partial charge in [-0.3, -0.25) is 4.79 Å². The van der Waals surface area contributed by atoms with Crippen molar-refractivity contribution in [2.45, 2.75) is 33.2 Å². The molecule has 0 bridgehead atoms. The van der Waals surface area contributed by atoms with E-state index in [1.807, 2.05) is 19.9 Å². The molecule has 0 radical (unpaired) electrons. The van der Waals surface area contributed by atoms with E-state index in [9.17, 15) is 4.79 Å². The summed E-state index contributed by atoms with van der Waals surface area (Å²) < 4.78 is 4.90. The van der Waals surface area contributed by atoms with E-state index in [0.29, 0.717) is 13.1 Å². The molecule has 3 N–H and O–H groups in total. The number of nitrogens with one attached hydrogen (secondary N) is 1. The van der Waals surface area contributed by atoms with Crippen LogP contribution in [0.2, 0.25) is 0 Å². The van der Waals surface area contributed by atoms with Crippen LogP contribution in [0.15, 0.2) is 10.6 Å². The third kappa shape index (κ3) is 4.02. The lowest BCUT2D eigenvalue weighted by molar-refractivity contribution is -0.124. The minimum absolute atomic E-state index is 0.00320. The number of carbonyl (C=O) groups excluding carboxylic acids is 1. The lowest BCUT2D eigenvalue weighted by Crippen LogP contribution is -2.29. The first kappa shape index (κ1) is 12.7. The molecule has 90 valence electrons. The maximum Gasteiger partial charge on any atom is 0.223 e. The highest BCUT2D eigenvalue weighted by Gasteiger charge is 2.12. The standard InChI is InChI=1S/C11H19N3O2/c1-8(4-3-5-12)11(15)13-7-10-6-9(2)16-14-10/h6,8H,3-5,7,12H2,1-2H3,(H,13,15). The molecule has 1 atom stereocenters. The zero-order chi connectivity index (χ0) is 12.0. The third-order valence-corrected chi connectivity index (χ3v) is 2.41. The molecule has 1 heterocycles. The second kappa shape index (κ2) is 6.27. The zero-order valence-corrected chi connectivity index (χ0v) is 9.82. The number of rotatable bonds is 6. The Morgan fingerprint density at radius 3 is 3.00 bits per heavy atom. The van der Waals surface area contributed by atoms with Gasteiger partial charge in [-0.15, -0.1) is 0 Å². The quantitative estimate of drug-likeness (QED) is 0.756. The van der Waals surface area contributed by atoms with Crippen molar-refractivity contribution in [3.63, 3.8) is 0 Å². The van der Waals surface area contributed by atoms with Gasteiger partial charge < -0.3 is 15.6 Å². The molecule has 1 rings (SSSR count). The number of carbonyl (C=O) groups is 1. The summed E-state index contributed by atoms with van der Waals surface area (Å²) in [6.45, 7) is 4.77. The largest absolute Gasteiger partial charge is 0.361 e. The summed E-state index contributed by atoms with van der Waals surface area (Å²) in [5, 5.41) is 6.62. The van der Waals surface area contributed by atoms with Gasteiger partial charge in [0.1, 0.15) is 11.5 Å². The number of aryl methyl sites for hydroxylation is 1. The first-order valence-electron chi connectivity index (χ1n) is 5.53. The van der Waals surface area contributed by atoms with Crippen LogP contribution in [0.1, 0.15) is 31.2 Å². The maximum absolute atomic E-state index is 11.6. The maximum atomic E-state index is 11.6. The molecule has 0 saturated heterocycles. The summed E-state index contributed by atoms with van der Waals surface area (Å²) in [6.07, 6.45) is 1.69. The highest BCUT2D eigenvalue weighted by molar-refractivity contribution is 5.78. The number of nitrogens with zero attached hydrogens (tertiary/aromatic N) is 1. The van der Waals surface area contributed by atoms with Crippen molar-refractivity contribution in [1.82, 2.24) is 10.5 Å². The molecule has 5 heteroatoms. The van der Waals surface area contributed by atoms with Gasteiger partial charge in [0, 0.05) is 12.0 Å². The lowest BCUT2D eigenvalue weighted by Gasteiger charge is -2.10. The summed E-state index contributed by atoms with van der Waals surface area (Å²) in [5.74, 6) is 0.783. The predicted octanol–water partition coefficient (Wildman–Crippen LogP) is 0.974. The average Bonchev–Trinajstić information content (AvgIpc) is 2.68. The fourth-order valence-electron chi connectivity index (χ4n) is 1.41. The summed E-state index contributed by atoms with van der Waals surface area (Å²) in [4.78, 5) is 11.6. The Hall–Kier alpha value is -1.36. The highest BCUT2D eigenvalue weighted by Crippen LogP contribution is 2.06.